The SMILES string of the molecule is CCCOc1ccc(F)cc1NC(=O)N1CCCN(C(=O)c2ccc(F)cc2)CC1. The molecule has 3 amide bonds. The molecule has 30 heavy (non-hydrogen) atoms. The van der Waals surface area contributed by atoms with E-state index in [1.165, 1.54) is 42.5 Å². The fraction of sp³-hybridized carbons (Fsp3) is 0.364. The first-order valence-corrected chi connectivity index (χ1v) is 10.0. The molecule has 1 N–H and O–H groups in total. The van der Waals surface area contributed by atoms with Crippen molar-refractivity contribution >= 4 is 17.6 Å². The van der Waals surface area contributed by atoms with Crippen LogP contribution in [0.25, 0.3) is 0 Å². The fourth-order valence-electron chi connectivity index (χ4n) is 3.23. The van der Waals surface area contributed by atoms with Gasteiger partial charge in [-0.1, -0.05) is 6.92 Å². The Morgan fingerprint density at radius 1 is 0.967 bits per heavy atom. The van der Waals surface area contributed by atoms with E-state index in [9.17, 15) is 18.4 Å². The number of hydrogen-bond acceptors (Lipinski definition) is 3. The first-order chi connectivity index (χ1) is 14.5. The number of hydrogen-bond donors (Lipinski definition) is 1. The van der Waals surface area contributed by atoms with Crippen molar-refractivity contribution < 1.29 is 23.1 Å². The lowest BCUT2D eigenvalue weighted by molar-refractivity contribution is 0.0762. The summed E-state index contributed by atoms with van der Waals surface area (Å²) in [7, 11) is 0. The molecule has 0 aliphatic carbocycles. The summed E-state index contributed by atoms with van der Waals surface area (Å²) in [4.78, 5) is 28.6. The van der Waals surface area contributed by atoms with Gasteiger partial charge in [0.25, 0.3) is 5.91 Å². The quantitative estimate of drug-likeness (QED) is 0.796. The number of halogens is 2. The monoisotopic (exact) mass is 417 g/mol. The lowest BCUT2D eigenvalue weighted by Crippen LogP contribution is -2.39. The van der Waals surface area contributed by atoms with E-state index >= 15 is 0 Å². The standard InChI is InChI=1S/C22H25F2N3O3/c1-2-14-30-20-9-8-18(24)15-19(20)25-22(29)27-11-3-10-26(12-13-27)21(28)16-4-6-17(23)7-5-16/h4-9,15H,2-3,10-14H2,1H3,(H,25,29). The van der Waals surface area contributed by atoms with E-state index in [0.29, 0.717) is 50.5 Å². The maximum atomic E-state index is 13.7. The van der Waals surface area contributed by atoms with Gasteiger partial charge in [-0.25, -0.2) is 13.6 Å². The predicted molar refractivity (Wildman–Crippen MR) is 110 cm³/mol. The molecule has 1 aliphatic rings. The highest BCUT2D eigenvalue weighted by Gasteiger charge is 2.23. The molecule has 1 fully saturated rings. The van der Waals surface area contributed by atoms with Gasteiger partial charge in [0.2, 0.25) is 0 Å². The van der Waals surface area contributed by atoms with Crippen LogP contribution in [-0.4, -0.2) is 54.5 Å². The Morgan fingerprint density at radius 2 is 1.63 bits per heavy atom. The van der Waals surface area contributed by atoms with Crippen molar-refractivity contribution in [2.45, 2.75) is 19.8 Å². The molecule has 0 aromatic heterocycles. The Hall–Kier alpha value is -3.16. The average molecular weight is 417 g/mol. The van der Waals surface area contributed by atoms with Gasteiger partial charge in [0, 0.05) is 37.8 Å². The second-order valence-electron chi connectivity index (χ2n) is 7.06. The van der Waals surface area contributed by atoms with Crippen LogP contribution in [0, 0.1) is 11.6 Å². The largest absolute Gasteiger partial charge is 0.491 e. The lowest BCUT2D eigenvalue weighted by atomic mass is 10.2. The summed E-state index contributed by atoms with van der Waals surface area (Å²) in [6.07, 6.45) is 1.39. The highest BCUT2D eigenvalue weighted by Crippen LogP contribution is 2.26. The third-order valence-electron chi connectivity index (χ3n) is 4.81. The highest BCUT2D eigenvalue weighted by molar-refractivity contribution is 5.94. The number of urea groups is 1. The van der Waals surface area contributed by atoms with Gasteiger partial charge in [0.1, 0.15) is 17.4 Å². The van der Waals surface area contributed by atoms with Gasteiger partial charge >= 0.3 is 6.03 Å². The van der Waals surface area contributed by atoms with Crippen molar-refractivity contribution in [3.63, 3.8) is 0 Å². The van der Waals surface area contributed by atoms with E-state index in [-0.39, 0.29) is 17.6 Å². The molecule has 1 aliphatic heterocycles. The molecule has 8 heteroatoms. The van der Waals surface area contributed by atoms with Crippen LogP contribution in [0.4, 0.5) is 19.3 Å². The first-order valence-electron chi connectivity index (χ1n) is 10.0. The van der Waals surface area contributed by atoms with Crippen LogP contribution < -0.4 is 10.1 Å². The summed E-state index contributed by atoms with van der Waals surface area (Å²) >= 11 is 0. The Morgan fingerprint density at radius 3 is 2.37 bits per heavy atom. The van der Waals surface area contributed by atoms with Gasteiger partial charge in [-0.05, 0) is 49.2 Å². The number of carbonyl (C=O) groups is 2. The first kappa shape index (κ1) is 21.5. The molecule has 2 aromatic rings. The zero-order chi connectivity index (χ0) is 21.5. The second kappa shape index (κ2) is 10.0. The van der Waals surface area contributed by atoms with Crippen molar-refractivity contribution in [3.8, 4) is 5.75 Å². The number of nitrogens with one attached hydrogen (secondary N) is 1. The molecule has 1 heterocycles. The molecule has 2 aromatic carbocycles. The van der Waals surface area contributed by atoms with Crippen LogP contribution in [0.1, 0.15) is 30.1 Å². The Balaban J connectivity index is 1.62. The van der Waals surface area contributed by atoms with Gasteiger partial charge < -0.3 is 19.9 Å². The smallest absolute Gasteiger partial charge is 0.322 e. The third kappa shape index (κ3) is 5.46. The zero-order valence-corrected chi connectivity index (χ0v) is 16.9. The van der Waals surface area contributed by atoms with Crippen molar-refractivity contribution in [1.29, 1.82) is 0 Å². The minimum absolute atomic E-state index is 0.197. The van der Waals surface area contributed by atoms with Crippen molar-refractivity contribution in [1.82, 2.24) is 9.80 Å². The Kier molecular flexibility index (Phi) is 7.21. The summed E-state index contributed by atoms with van der Waals surface area (Å²) in [5.74, 6) is -0.654. The number of rotatable bonds is 5. The predicted octanol–water partition coefficient (Wildman–Crippen LogP) is 4.13. The molecule has 0 radical (unpaired) electrons. The minimum Gasteiger partial charge on any atom is -0.491 e. The Bertz CT molecular complexity index is 890. The molecule has 0 spiro atoms. The number of carbonyl (C=O) groups excluding carboxylic acids is 2. The highest BCUT2D eigenvalue weighted by atomic mass is 19.1. The van der Waals surface area contributed by atoms with Crippen LogP contribution in [0.3, 0.4) is 0 Å². The van der Waals surface area contributed by atoms with Crippen molar-refractivity contribution in [2.75, 3.05) is 38.1 Å². The number of benzene rings is 2. The van der Waals surface area contributed by atoms with E-state index in [0.717, 1.165) is 6.42 Å². The fourth-order valence-corrected chi connectivity index (χ4v) is 3.23. The number of ether oxygens (including phenoxy) is 1. The minimum atomic E-state index is -0.471. The zero-order valence-electron chi connectivity index (χ0n) is 16.9. The summed E-state index contributed by atoms with van der Waals surface area (Å²) in [6.45, 7) is 4.05. The molecule has 6 nitrogen and oxygen atoms in total. The molecule has 0 unspecified atom stereocenters. The summed E-state index contributed by atoms with van der Waals surface area (Å²) in [6, 6.07) is 9.04. The lowest BCUT2D eigenvalue weighted by Gasteiger charge is -2.23. The van der Waals surface area contributed by atoms with Crippen LogP contribution in [0.5, 0.6) is 5.75 Å². The van der Waals surface area contributed by atoms with Gasteiger partial charge in [-0.2, -0.15) is 0 Å². The molecule has 160 valence electrons. The van der Waals surface area contributed by atoms with Crippen LogP contribution in [0.15, 0.2) is 42.5 Å². The number of nitrogens with zero attached hydrogens (tertiary/aromatic N) is 2. The third-order valence-corrected chi connectivity index (χ3v) is 4.81. The molecule has 1 saturated heterocycles. The summed E-state index contributed by atoms with van der Waals surface area (Å²) in [5, 5.41) is 2.72. The normalized spacial score (nSPS) is 14.2. The summed E-state index contributed by atoms with van der Waals surface area (Å²) < 4.78 is 32.3. The maximum Gasteiger partial charge on any atom is 0.322 e. The molecule has 0 saturated carbocycles. The molecule has 0 bridgehead atoms. The van der Waals surface area contributed by atoms with E-state index in [1.54, 1.807) is 9.80 Å². The van der Waals surface area contributed by atoms with E-state index in [2.05, 4.69) is 5.32 Å². The number of amides is 3. The van der Waals surface area contributed by atoms with E-state index in [4.69, 9.17) is 4.74 Å². The topological polar surface area (TPSA) is 61.9 Å². The van der Waals surface area contributed by atoms with Crippen LogP contribution in [0.2, 0.25) is 0 Å². The van der Waals surface area contributed by atoms with Gasteiger partial charge in [-0.3, -0.25) is 4.79 Å². The van der Waals surface area contributed by atoms with Crippen LogP contribution in [-0.2, 0) is 0 Å². The van der Waals surface area contributed by atoms with Crippen molar-refractivity contribution in [3.05, 3.63) is 59.7 Å². The van der Waals surface area contributed by atoms with Gasteiger partial charge in [-0.15, -0.1) is 0 Å². The molecular formula is C22H25F2N3O3. The molecule has 0 atom stereocenters. The number of anilines is 1. The second-order valence-corrected chi connectivity index (χ2v) is 7.06. The van der Waals surface area contributed by atoms with Crippen LogP contribution >= 0.6 is 0 Å². The van der Waals surface area contributed by atoms with Gasteiger partial charge in [0.05, 0.1) is 12.3 Å². The van der Waals surface area contributed by atoms with E-state index < -0.39 is 11.6 Å². The maximum absolute atomic E-state index is 13.7. The molecule has 3 rings (SSSR count). The van der Waals surface area contributed by atoms with E-state index in [1.807, 2.05) is 6.92 Å². The Labute approximate surface area is 174 Å². The average Bonchev–Trinajstić information content (AvgIpc) is 3.00. The molecular weight excluding hydrogens is 392 g/mol. The van der Waals surface area contributed by atoms with Gasteiger partial charge in [0.15, 0.2) is 0 Å². The van der Waals surface area contributed by atoms with Crippen molar-refractivity contribution in [2.24, 2.45) is 0 Å². The summed E-state index contributed by atoms with van der Waals surface area (Å²) in [5.41, 5.74) is 0.684.